The summed E-state index contributed by atoms with van der Waals surface area (Å²) in [5, 5.41) is 9.25. The van der Waals surface area contributed by atoms with Crippen molar-refractivity contribution in [3.63, 3.8) is 0 Å². The number of carbonyl (C=O) groups excluding carboxylic acids is 1. The molecule has 106 valence electrons. The van der Waals surface area contributed by atoms with E-state index >= 15 is 0 Å². The predicted octanol–water partition coefficient (Wildman–Crippen LogP) is 2.89. The Morgan fingerprint density at radius 2 is 2.24 bits per heavy atom. The molecule has 1 aromatic carbocycles. The van der Waals surface area contributed by atoms with Gasteiger partial charge in [0, 0.05) is 6.42 Å². The number of hydrogen-bond acceptors (Lipinski definition) is 4. The van der Waals surface area contributed by atoms with Gasteiger partial charge in [-0.25, -0.2) is 9.78 Å². The van der Waals surface area contributed by atoms with E-state index in [4.69, 9.17) is 21.6 Å². The number of rotatable bonds is 1. The first-order valence-electron chi connectivity index (χ1n) is 6.41. The zero-order valence-electron chi connectivity index (χ0n) is 11.6. The molecule has 0 spiro atoms. The molecule has 2 aromatic rings. The molecule has 3 rings (SSSR count). The van der Waals surface area contributed by atoms with Gasteiger partial charge in [-0.2, -0.15) is 5.26 Å². The van der Waals surface area contributed by atoms with Gasteiger partial charge in [0.05, 0.1) is 28.0 Å². The van der Waals surface area contributed by atoms with Crippen LogP contribution in [0.25, 0.3) is 5.69 Å². The molecule has 1 aliphatic rings. The fraction of sp³-hybridized carbons (Fsp3) is 0.267. The molecule has 0 unspecified atom stereocenters. The highest BCUT2D eigenvalue weighted by Gasteiger charge is 2.36. The maximum Gasteiger partial charge on any atom is 0.357 e. The Morgan fingerprint density at radius 3 is 2.90 bits per heavy atom. The number of nitrogens with zero attached hydrogens (tertiary/aromatic N) is 3. The molecule has 1 aliphatic heterocycles. The van der Waals surface area contributed by atoms with Gasteiger partial charge in [-0.05, 0) is 32.0 Å². The van der Waals surface area contributed by atoms with E-state index in [1.165, 1.54) is 0 Å². The third-order valence-electron chi connectivity index (χ3n) is 3.34. The summed E-state index contributed by atoms with van der Waals surface area (Å²) in [6.07, 6.45) is 2.11. The third kappa shape index (κ3) is 2.28. The summed E-state index contributed by atoms with van der Waals surface area (Å²) in [6.45, 7) is 3.70. The van der Waals surface area contributed by atoms with E-state index in [1.807, 2.05) is 19.9 Å². The first-order chi connectivity index (χ1) is 9.91. The van der Waals surface area contributed by atoms with Crippen LogP contribution in [0.1, 0.15) is 35.6 Å². The van der Waals surface area contributed by atoms with Gasteiger partial charge in [-0.15, -0.1) is 0 Å². The summed E-state index contributed by atoms with van der Waals surface area (Å²) in [6, 6.07) is 6.91. The fourth-order valence-electron chi connectivity index (χ4n) is 2.42. The predicted molar refractivity (Wildman–Crippen MR) is 76.5 cm³/mol. The molecule has 0 amide bonds. The number of aromatic nitrogens is 2. The van der Waals surface area contributed by atoms with E-state index < -0.39 is 11.6 Å². The molecule has 21 heavy (non-hydrogen) atoms. The lowest BCUT2D eigenvalue weighted by Gasteiger charge is -2.29. The highest BCUT2D eigenvalue weighted by atomic mass is 35.5. The second kappa shape index (κ2) is 4.61. The lowest BCUT2D eigenvalue weighted by Crippen LogP contribution is -2.36. The quantitative estimate of drug-likeness (QED) is 0.760. The molecule has 5 nitrogen and oxygen atoms in total. The van der Waals surface area contributed by atoms with E-state index in [0.717, 1.165) is 0 Å². The van der Waals surface area contributed by atoms with Crippen LogP contribution in [0.15, 0.2) is 24.5 Å². The Morgan fingerprint density at radius 1 is 1.48 bits per heavy atom. The van der Waals surface area contributed by atoms with Crippen molar-refractivity contribution in [2.24, 2.45) is 0 Å². The van der Waals surface area contributed by atoms with Gasteiger partial charge in [-0.1, -0.05) is 11.6 Å². The summed E-state index contributed by atoms with van der Waals surface area (Å²) in [4.78, 5) is 16.5. The molecule has 6 heteroatoms. The number of cyclic esters (lactones) is 1. The number of fused-ring (bicyclic) bond motifs is 1. The molecular weight excluding hydrogens is 290 g/mol. The second-order valence-electron chi connectivity index (χ2n) is 5.51. The first kappa shape index (κ1) is 13.7. The van der Waals surface area contributed by atoms with Crippen molar-refractivity contribution >= 4 is 17.6 Å². The average molecular weight is 302 g/mol. The minimum absolute atomic E-state index is 0.381. The summed E-state index contributed by atoms with van der Waals surface area (Å²) in [5.41, 5.74) is 1.58. The molecule has 0 N–H and O–H groups in total. The summed E-state index contributed by atoms with van der Waals surface area (Å²) in [5.74, 6) is -0.417. The number of ether oxygens (including phenoxy) is 1. The number of hydrogen-bond donors (Lipinski definition) is 0. The van der Waals surface area contributed by atoms with Gasteiger partial charge in [0.25, 0.3) is 0 Å². The Labute approximate surface area is 126 Å². The zero-order valence-corrected chi connectivity index (χ0v) is 12.3. The van der Waals surface area contributed by atoms with Gasteiger partial charge in [0.2, 0.25) is 0 Å². The molecule has 0 fully saturated rings. The summed E-state index contributed by atoms with van der Waals surface area (Å²) < 4.78 is 7.02. The van der Waals surface area contributed by atoms with E-state index in [0.29, 0.717) is 34.1 Å². The van der Waals surface area contributed by atoms with Crippen LogP contribution in [0.2, 0.25) is 5.02 Å². The van der Waals surface area contributed by atoms with E-state index in [9.17, 15) is 4.79 Å². The van der Waals surface area contributed by atoms with Crippen molar-refractivity contribution in [1.82, 2.24) is 9.55 Å². The molecule has 1 aromatic heterocycles. The molecule has 0 aliphatic carbocycles. The Balaban J connectivity index is 2.13. The molecule has 0 saturated heterocycles. The van der Waals surface area contributed by atoms with Gasteiger partial charge < -0.3 is 4.74 Å². The van der Waals surface area contributed by atoms with Crippen molar-refractivity contribution in [1.29, 1.82) is 5.26 Å². The molecule has 0 saturated carbocycles. The van der Waals surface area contributed by atoms with Crippen LogP contribution in [-0.4, -0.2) is 21.1 Å². The lowest BCUT2D eigenvalue weighted by atomic mass is 9.98. The Hall–Kier alpha value is -2.32. The fourth-order valence-corrected chi connectivity index (χ4v) is 2.70. The Kier molecular flexibility index (Phi) is 2.99. The monoisotopic (exact) mass is 301 g/mol. The summed E-state index contributed by atoms with van der Waals surface area (Å²) >= 11 is 6.19. The van der Waals surface area contributed by atoms with Gasteiger partial charge in [0.15, 0.2) is 5.69 Å². The summed E-state index contributed by atoms with van der Waals surface area (Å²) in [7, 11) is 0. The minimum atomic E-state index is -0.558. The van der Waals surface area contributed by atoms with Gasteiger partial charge in [0.1, 0.15) is 11.9 Å². The van der Waals surface area contributed by atoms with Gasteiger partial charge >= 0.3 is 5.97 Å². The highest BCUT2D eigenvalue weighted by Crippen LogP contribution is 2.30. The molecule has 0 radical (unpaired) electrons. The first-order valence-corrected chi connectivity index (χ1v) is 6.79. The average Bonchev–Trinajstić information content (AvgIpc) is 2.80. The van der Waals surface area contributed by atoms with Crippen LogP contribution in [0, 0.1) is 11.3 Å². The van der Waals surface area contributed by atoms with Crippen LogP contribution in [-0.2, 0) is 11.2 Å². The SMILES string of the molecule is CC1(C)Cc2ncn(-c3ccc(C#N)cc3Cl)c2C(=O)O1. The van der Waals surface area contributed by atoms with E-state index in [2.05, 4.69) is 4.98 Å². The number of nitriles is 1. The Bertz CT molecular complexity index is 787. The van der Waals surface area contributed by atoms with Crippen molar-refractivity contribution in [3.05, 3.63) is 46.5 Å². The standard InChI is InChI=1S/C15H12ClN3O2/c1-15(2)6-11-13(14(20)21-15)19(8-18-11)12-4-3-9(7-17)5-10(12)16/h3-5,8H,6H2,1-2H3. The van der Waals surface area contributed by atoms with E-state index in [-0.39, 0.29) is 0 Å². The molecule has 2 heterocycles. The number of benzene rings is 1. The van der Waals surface area contributed by atoms with Crippen LogP contribution in [0.4, 0.5) is 0 Å². The molecule has 0 bridgehead atoms. The maximum absolute atomic E-state index is 12.2. The largest absolute Gasteiger partial charge is 0.455 e. The van der Waals surface area contributed by atoms with E-state index in [1.54, 1.807) is 29.1 Å². The van der Waals surface area contributed by atoms with Gasteiger partial charge in [-0.3, -0.25) is 4.57 Å². The lowest BCUT2D eigenvalue weighted by molar-refractivity contribution is -0.00795. The van der Waals surface area contributed by atoms with Crippen LogP contribution >= 0.6 is 11.6 Å². The number of imidazole rings is 1. The number of carbonyl (C=O) groups is 1. The van der Waals surface area contributed by atoms with Crippen molar-refractivity contribution in [3.8, 4) is 11.8 Å². The van der Waals surface area contributed by atoms with Crippen molar-refractivity contribution < 1.29 is 9.53 Å². The zero-order chi connectivity index (χ0) is 15.2. The minimum Gasteiger partial charge on any atom is -0.455 e. The topological polar surface area (TPSA) is 67.9 Å². The van der Waals surface area contributed by atoms with Crippen LogP contribution in [0.5, 0.6) is 0 Å². The number of halogens is 1. The maximum atomic E-state index is 12.2. The van der Waals surface area contributed by atoms with Crippen LogP contribution in [0.3, 0.4) is 0 Å². The normalized spacial score (nSPS) is 16.0. The molecule has 0 atom stereocenters. The second-order valence-corrected chi connectivity index (χ2v) is 5.92. The smallest absolute Gasteiger partial charge is 0.357 e. The highest BCUT2D eigenvalue weighted by molar-refractivity contribution is 6.32. The van der Waals surface area contributed by atoms with Crippen LogP contribution < -0.4 is 0 Å². The molecular formula is C15H12ClN3O2. The number of esters is 1. The van der Waals surface area contributed by atoms with Crippen molar-refractivity contribution in [2.75, 3.05) is 0 Å². The third-order valence-corrected chi connectivity index (χ3v) is 3.64. The van der Waals surface area contributed by atoms with Crippen molar-refractivity contribution in [2.45, 2.75) is 25.9 Å².